The zero-order valence-corrected chi connectivity index (χ0v) is 14.1. The Hall–Kier alpha value is -3.34. The molecule has 25 heavy (non-hydrogen) atoms. The summed E-state index contributed by atoms with van der Waals surface area (Å²) in [5.74, 6) is 0.00601. The molecule has 5 nitrogen and oxygen atoms in total. The predicted octanol–water partition coefficient (Wildman–Crippen LogP) is 3.56. The Morgan fingerprint density at radius 3 is 2.28 bits per heavy atom. The van der Waals surface area contributed by atoms with Crippen LogP contribution in [0.3, 0.4) is 0 Å². The summed E-state index contributed by atoms with van der Waals surface area (Å²) in [6.07, 6.45) is 5.45. The van der Waals surface area contributed by atoms with Gasteiger partial charge < -0.3 is 9.67 Å². The number of hydrogen-bond acceptors (Lipinski definition) is 3. The first kappa shape index (κ1) is 16.5. The lowest BCUT2D eigenvalue weighted by atomic mass is 10.1. The minimum absolute atomic E-state index is 0.275. The average Bonchev–Trinajstić information content (AvgIpc) is 3.14. The monoisotopic (exact) mass is 333 g/mol. The van der Waals surface area contributed by atoms with Crippen molar-refractivity contribution in [1.29, 1.82) is 0 Å². The second kappa shape index (κ2) is 7.05. The number of rotatable bonds is 4. The van der Waals surface area contributed by atoms with E-state index < -0.39 is 0 Å². The van der Waals surface area contributed by atoms with E-state index in [1.54, 1.807) is 18.3 Å². The molecular weight excluding hydrogens is 314 g/mol. The van der Waals surface area contributed by atoms with Crippen molar-refractivity contribution < 1.29 is 9.90 Å². The molecule has 1 aromatic heterocycles. The van der Waals surface area contributed by atoms with Crippen LogP contribution in [0.1, 0.15) is 27.0 Å². The molecule has 2 aromatic carbocycles. The number of carbonyl (C=O) groups is 1. The maximum absolute atomic E-state index is 12.1. The number of nitrogens with one attached hydrogen (secondary N) is 1. The molecule has 0 unspecified atom stereocenters. The van der Waals surface area contributed by atoms with Crippen LogP contribution in [0.5, 0.6) is 5.75 Å². The second-order valence-corrected chi connectivity index (χ2v) is 5.84. The van der Waals surface area contributed by atoms with Gasteiger partial charge in [0, 0.05) is 23.6 Å². The van der Waals surface area contributed by atoms with Gasteiger partial charge in [-0.3, -0.25) is 4.79 Å². The molecule has 3 aromatic rings. The highest BCUT2D eigenvalue weighted by Gasteiger charge is 2.05. The maximum Gasteiger partial charge on any atom is 0.271 e. The fourth-order valence-corrected chi connectivity index (χ4v) is 2.59. The van der Waals surface area contributed by atoms with Crippen LogP contribution >= 0.6 is 0 Å². The number of hydrazone groups is 1. The molecule has 0 fully saturated rings. The molecule has 126 valence electrons. The van der Waals surface area contributed by atoms with Gasteiger partial charge in [-0.05, 0) is 79.1 Å². The van der Waals surface area contributed by atoms with E-state index in [-0.39, 0.29) is 11.7 Å². The van der Waals surface area contributed by atoms with Crippen molar-refractivity contribution >= 4 is 12.1 Å². The van der Waals surface area contributed by atoms with Crippen LogP contribution in [-0.2, 0) is 0 Å². The van der Waals surface area contributed by atoms with Crippen LogP contribution in [0.4, 0.5) is 0 Å². The van der Waals surface area contributed by atoms with Crippen LogP contribution in [0, 0.1) is 13.8 Å². The fraction of sp³-hybridized carbons (Fsp3) is 0.100. The number of aromatic nitrogens is 1. The van der Waals surface area contributed by atoms with Gasteiger partial charge in [-0.15, -0.1) is 0 Å². The summed E-state index contributed by atoms with van der Waals surface area (Å²) in [6, 6.07) is 14.8. The van der Waals surface area contributed by atoms with Crippen molar-refractivity contribution in [3.8, 4) is 11.4 Å². The molecule has 0 atom stereocenters. The van der Waals surface area contributed by atoms with E-state index >= 15 is 0 Å². The van der Waals surface area contributed by atoms with Crippen molar-refractivity contribution in [2.45, 2.75) is 13.8 Å². The summed E-state index contributed by atoms with van der Waals surface area (Å²) in [7, 11) is 0. The standard InChI is InChI=1S/C20H19N3O2/c1-14-11-16(12-15(2)19(14)24)13-21-22-20(25)17-5-7-18(8-6-17)23-9-3-4-10-23/h3-13,24H,1-2H3,(H,22,25)/b21-13+. The summed E-state index contributed by atoms with van der Waals surface area (Å²) in [5.41, 5.74) is 6.40. The van der Waals surface area contributed by atoms with Crippen LogP contribution in [-0.4, -0.2) is 21.8 Å². The molecular formula is C20H19N3O2. The molecule has 0 radical (unpaired) electrons. The van der Waals surface area contributed by atoms with Gasteiger partial charge in [0.25, 0.3) is 5.91 Å². The largest absolute Gasteiger partial charge is 0.507 e. The summed E-state index contributed by atoms with van der Waals surface area (Å²) in [6.45, 7) is 3.65. The van der Waals surface area contributed by atoms with Crippen LogP contribution in [0.15, 0.2) is 66.0 Å². The number of amides is 1. The molecule has 5 heteroatoms. The number of carbonyl (C=O) groups excluding carboxylic acids is 1. The summed E-state index contributed by atoms with van der Waals surface area (Å²) in [5, 5.41) is 13.8. The minimum Gasteiger partial charge on any atom is -0.507 e. The normalized spacial score (nSPS) is 11.0. The van der Waals surface area contributed by atoms with Crippen LogP contribution < -0.4 is 5.43 Å². The zero-order chi connectivity index (χ0) is 17.8. The number of aromatic hydroxyl groups is 1. The molecule has 0 spiro atoms. The van der Waals surface area contributed by atoms with E-state index in [1.165, 1.54) is 0 Å². The summed E-state index contributed by atoms with van der Waals surface area (Å²) < 4.78 is 1.97. The molecule has 2 N–H and O–H groups in total. The van der Waals surface area contributed by atoms with E-state index in [0.29, 0.717) is 5.56 Å². The molecule has 0 aliphatic rings. The molecule has 1 amide bonds. The number of aryl methyl sites for hydroxylation is 2. The van der Waals surface area contributed by atoms with E-state index in [4.69, 9.17) is 0 Å². The Morgan fingerprint density at radius 2 is 1.68 bits per heavy atom. The average molecular weight is 333 g/mol. The van der Waals surface area contributed by atoms with Crippen molar-refractivity contribution in [2.24, 2.45) is 5.10 Å². The highest BCUT2D eigenvalue weighted by atomic mass is 16.3. The topological polar surface area (TPSA) is 66.6 Å². The van der Waals surface area contributed by atoms with Crippen LogP contribution in [0.25, 0.3) is 5.69 Å². The van der Waals surface area contributed by atoms with Gasteiger partial charge in [-0.2, -0.15) is 5.10 Å². The lowest BCUT2D eigenvalue weighted by molar-refractivity contribution is 0.0955. The Kier molecular flexibility index (Phi) is 4.66. The fourth-order valence-electron chi connectivity index (χ4n) is 2.59. The van der Waals surface area contributed by atoms with Crippen molar-refractivity contribution in [2.75, 3.05) is 0 Å². The SMILES string of the molecule is Cc1cc(/C=N/NC(=O)c2ccc(-n3cccc3)cc2)cc(C)c1O. The third-order valence-corrected chi connectivity index (χ3v) is 3.93. The summed E-state index contributed by atoms with van der Waals surface area (Å²) in [4.78, 5) is 12.1. The van der Waals surface area contributed by atoms with Gasteiger partial charge in [0.15, 0.2) is 0 Å². The highest BCUT2D eigenvalue weighted by molar-refractivity contribution is 5.95. The van der Waals surface area contributed by atoms with Crippen molar-refractivity contribution in [3.63, 3.8) is 0 Å². The van der Waals surface area contributed by atoms with Gasteiger partial charge in [-0.25, -0.2) is 5.43 Å². The number of phenolic OH excluding ortho intramolecular Hbond substituents is 1. The number of nitrogens with zero attached hydrogens (tertiary/aromatic N) is 2. The molecule has 0 saturated heterocycles. The molecule has 3 rings (SSSR count). The minimum atomic E-state index is -0.275. The Morgan fingerprint density at radius 1 is 1.08 bits per heavy atom. The number of benzene rings is 2. The predicted molar refractivity (Wildman–Crippen MR) is 98.4 cm³/mol. The Labute approximate surface area is 146 Å². The zero-order valence-electron chi connectivity index (χ0n) is 14.1. The van der Waals surface area contributed by atoms with Gasteiger partial charge in [0.1, 0.15) is 5.75 Å². The van der Waals surface area contributed by atoms with Gasteiger partial charge in [-0.1, -0.05) is 0 Å². The first-order valence-electron chi connectivity index (χ1n) is 7.91. The molecule has 0 aliphatic carbocycles. The first-order valence-corrected chi connectivity index (χ1v) is 7.91. The van der Waals surface area contributed by atoms with Crippen molar-refractivity contribution in [1.82, 2.24) is 9.99 Å². The Bertz CT molecular complexity index is 888. The molecule has 1 heterocycles. The number of hydrogen-bond donors (Lipinski definition) is 2. The molecule has 0 bridgehead atoms. The Balaban J connectivity index is 1.66. The second-order valence-electron chi connectivity index (χ2n) is 5.84. The van der Waals surface area contributed by atoms with Crippen molar-refractivity contribution in [3.05, 3.63) is 83.2 Å². The molecule has 0 saturated carbocycles. The maximum atomic E-state index is 12.1. The lowest BCUT2D eigenvalue weighted by Gasteiger charge is -2.05. The quantitative estimate of drug-likeness (QED) is 0.566. The highest BCUT2D eigenvalue weighted by Crippen LogP contribution is 2.22. The van der Waals surface area contributed by atoms with Gasteiger partial charge in [0.2, 0.25) is 0 Å². The van der Waals surface area contributed by atoms with Crippen LogP contribution in [0.2, 0.25) is 0 Å². The molecule has 0 aliphatic heterocycles. The third kappa shape index (κ3) is 3.77. The first-order chi connectivity index (χ1) is 12.0. The smallest absolute Gasteiger partial charge is 0.271 e. The van der Waals surface area contributed by atoms with E-state index in [0.717, 1.165) is 22.4 Å². The number of phenols is 1. The van der Waals surface area contributed by atoms with Gasteiger partial charge >= 0.3 is 0 Å². The van der Waals surface area contributed by atoms with E-state index in [1.807, 2.05) is 67.2 Å². The van der Waals surface area contributed by atoms with E-state index in [2.05, 4.69) is 10.5 Å². The third-order valence-electron chi connectivity index (χ3n) is 3.93. The summed E-state index contributed by atoms with van der Waals surface area (Å²) >= 11 is 0. The lowest BCUT2D eigenvalue weighted by Crippen LogP contribution is -2.17. The van der Waals surface area contributed by atoms with Gasteiger partial charge in [0.05, 0.1) is 6.21 Å². The van der Waals surface area contributed by atoms with E-state index in [9.17, 15) is 9.90 Å².